The molecule has 0 radical (unpaired) electrons. The minimum Gasteiger partial charge on any atom is -0.392 e. The van der Waals surface area contributed by atoms with E-state index in [1.807, 2.05) is 6.92 Å². The molecule has 0 bridgehead atoms. The molecular weight excluding hydrogens is 220 g/mol. The highest BCUT2D eigenvalue weighted by atomic mass is 16.3. The first-order valence-corrected chi connectivity index (χ1v) is 6.52. The van der Waals surface area contributed by atoms with Crippen molar-refractivity contribution < 1.29 is 5.11 Å². The Balaban J connectivity index is 2.20. The monoisotopic (exact) mass is 238 g/mol. The standard InChI is InChI=1S/C17H18O/c1-11-7-8-16-14(9-11)10-13-5-3-4-6-15(13)17(16)12(2)18/h3-9,12,17-18H,10H2,1-2H3. The number of fused-ring (bicyclic) bond motifs is 2. The molecule has 1 nitrogen and oxygen atoms in total. The number of aliphatic hydroxyl groups is 1. The minimum absolute atomic E-state index is 0.116. The molecule has 2 unspecified atom stereocenters. The Hall–Kier alpha value is -1.60. The van der Waals surface area contributed by atoms with Gasteiger partial charge < -0.3 is 5.11 Å². The molecule has 1 N–H and O–H groups in total. The van der Waals surface area contributed by atoms with Gasteiger partial charge in [0.05, 0.1) is 6.10 Å². The summed E-state index contributed by atoms with van der Waals surface area (Å²) in [6.45, 7) is 4.01. The molecule has 0 spiro atoms. The largest absolute Gasteiger partial charge is 0.392 e. The zero-order chi connectivity index (χ0) is 12.7. The molecule has 3 rings (SSSR count). The van der Waals surface area contributed by atoms with Gasteiger partial charge in [0.2, 0.25) is 0 Å². The fourth-order valence-corrected chi connectivity index (χ4v) is 3.08. The maximum absolute atomic E-state index is 10.1. The van der Waals surface area contributed by atoms with Crippen molar-refractivity contribution in [2.24, 2.45) is 0 Å². The second-order valence-corrected chi connectivity index (χ2v) is 5.30. The summed E-state index contributed by atoms with van der Waals surface area (Å²) in [7, 11) is 0. The molecular formula is C17H18O. The Kier molecular flexibility index (Phi) is 2.71. The first-order chi connectivity index (χ1) is 8.66. The second kappa shape index (κ2) is 4.25. The van der Waals surface area contributed by atoms with E-state index in [-0.39, 0.29) is 12.0 Å². The van der Waals surface area contributed by atoms with Gasteiger partial charge in [-0.1, -0.05) is 48.0 Å². The Morgan fingerprint density at radius 3 is 2.56 bits per heavy atom. The van der Waals surface area contributed by atoms with Crippen molar-refractivity contribution in [3.63, 3.8) is 0 Å². The summed E-state index contributed by atoms with van der Waals surface area (Å²) in [5.41, 5.74) is 6.57. The van der Waals surface area contributed by atoms with Gasteiger partial charge in [0.1, 0.15) is 0 Å². The van der Waals surface area contributed by atoms with Crippen LogP contribution >= 0.6 is 0 Å². The third kappa shape index (κ3) is 1.75. The van der Waals surface area contributed by atoms with Crippen molar-refractivity contribution in [1.82, 2.24) is 0 Å². The van der Waals surface area contributed by atoms with Crippen molar-refractivity contribution in [2.45, 2.75) is 32.3 Å². The average Bonchev–Trinajstić information content (AvgIpc) is 2.35. The van der Waals surface area contributed by atoms with Gasteiger partial charge in [-0.3, -0.25) is 0 Å². The number of aliphatic hydroxyl groups excluding tert-OH is 1. The van der Waals surface area contributed by atoms with Crippen molar-refractivity contribution >= 4 is 0 Å². The summed E-state index contributed by atoms with van der Waals surface area (Å²) in [5, 5.41) is 10.1. The van der Waals surface area contributed by atoms with Crippen LogP contribution in [-0.4, -0.2) is 11.2 Å². The number of aryl methyl sites for hydroxylation is 1. The quantitative estimate of drug-likeness (QED) is 0.807. The van der Waals surface area contributed by atoms with Crippen LogP contribution in [0.2, 0.25) is 0 Å². The van der Waals surface area contributed by atoms with Gasteiger partial charge in [-0.2, -0.15) is 0 Å². The summed E-state index contributed by atoms with van der Waals surface area (Å²) in [5.74, 6) is 0.116. The van der Waals surface area contributed by atoms with E-state index in [0.717, 1.165) is 6.42 Å². The molecule has 1 heteroatoms. The van der Waals surface area contributed by atoms with Crippen molar-refractivity contribution in [1.29, 1.82) is 0 Å². The SMILES string of the molecule is Cc1ccc2c(c1)Cc1ccccc1C2C(C)O. The van der Waals surface area contributed by atoms with E-state index in [4.69, 9.17) is 0 Å². The highest BCUT2D eigenvalue weighted by Crippen LogP contribution is 2.38. The fourth-order valence-electron chi connectivity index (χ4n) is 3.08. The smallest absolute Gasteiger partial charge is 0.0621 e. The Morgan fingerprint density at radius 1 is 1.06 bits per heavy atom. The van der Waals surface area contributed by atoms with Crippen LogP contribution in [0.1, 0.15) is 40.7 Å². The Morgan fingerprint density at radius 2 is 1.78 bits per heavy atom. The van der Waals surface area contributed by atoms with Crippen LogP contribution in [0.15, 0.2) is 42.5 Å². The molecule has 0 fully saturated rings. The molecule has 1 aliphatic rings. The van der Waals surface area contributed by atoms with Gasteiger partial charge in [-0.05, 0) is 42.5 Å². The Bertz CT molecular complexity index is 584. The molecule has 0 heterocycles. The van der Waals surface area contributed by atoms with Gasteiger partial charge in [0.15, 0.2) is 0 Å². The van der Waals surface area contributed by atoms with Gasteiger partial charge in [0, 0.05) is 5.92 Å². The van der Waals surface area contributed by atoms with Crippen molar-refractivity contribution in [2.75, 3.05) is 0 Å². The first-order valence-electron chi connectivity index (χ1n) is 6.52. The first kappa shape index (κ1) is 11.5. The van der Waals surface area contributed by atoms with Crippen LogP contribution in [0.4, 0.5) is 0 Å². The number of rotatable bonds is 1. The van der Waals surface area contributed by atoms with Gasteiger partial charge in [-0.15, -0.1) is 0 Å². The normalized spacial score (nSPS) is 18.9. The molecule has 1 aliphatic carbocycles. The lowest BCUT2D eigenvalue weighted by molar-refractivity contribution is 0.175. The zero-order valence-electron chi connectivity index (χ0n) is 10.9. The van der Waals surface area contributed by atoms with E-state index in [1.54, 1.807) is 0 Å². The van der Waals surface area contributed by atoms with Gasteiger partial charge >= 0.3 is 0 Å². The van der Waals surface area contributed by atoms with E-state index in [1.165, 1.54) is 27.8 Å². The van der Waals surface area contributed by atoms with Gasteiger partial charge in [0.25, 0.3) is 0 Å². The zero-order valence-corrected chi connectivity index (χ0v) is 10.9. The third-order valence-corrected chi connectivity index (χ3v) is 3.89. The maximum Gasteiger partial charge on any atom is 0.0621 e. The number of benzene rings is 2. The molecule has 0 saturated carbocycles. The Labute approximate surface area is 108 Å². The molecule has 0 saturated heterocycles. The van der Waals surface area contributed by atoms with Crippen LogP contribution in [0.5, 0.6) is 0 Å². The molecule has 2 atom stereocenters. The van der Waals surface area contributed by atoms with E-state index >= 15 is 0 Å². The maximum atomic E-state index is 10.1. The van der Waals surface area contributed by atoms with E-state index in [2.05, 4.69) is 49.4 Å². The predicted molar refractivity (Wildman–Crippen MR) is 74.0 cm³/mol. The minimum atomic E-state index is -0.354. The number of hydrogen-bond donors (Lipinski definition) is 1. The fraction of sp³-hybridized carbons (Fsp3) is 0.294. The lowest BCUT2D eigenvalue weighted by Gasteiger charge is -2.30. The average molecular weight is 238 g/mol. The molecule has 0 amide bonds. The van der Waals surface area contributed by atoms with Crippen molar-refractivity contribution in [3.8, 4) is 0 Å². The van der Waals surface area contributed by atoms with E-state index < -0.39 is 0 Å². The van der Waals surface area contributed by atoms with E-state index in [0.29, 0.717) is 0 Å². The molecule has 2 aromatic rings. The van der Waals surface area contributed by atoms with Crippen LogP contribution in [0, 0.1) is 6.92 Å². The summed E-state index contributed by atoms with van der Waals surface area (Å²) in [6, 6.07) is 15.0. The lowest BCUT2D eigenvalue weighted by Crippen LogP contribution is -2.22. The summed E-state index contributed by atoms with van der Waals surface area (Å²) < 4.78 is 0. The topological polar surface area (TPSA) is 20.2 Å². The van der Waals surface area contributed by atoms with Crippen LogP contribution < -0.4 is 0 Å². The van der Waals surface area contributed by atoms with Crippen LogP contribution in [0.3, 0.4) is 0 Å². The summed E-state index contributed by atoms with van der Waals surface area (Å²) >= 11 is 0. The third-order valence-electron chi connectivity index (χ3n) is 3.89. The van der Waals surface area contributed by atoms with E-state index in [9.17, 15) is 5.11 Å². The van der Waals surface area contributed by atoms with Crippen LogP contribution in [0.25, 0.3) is 0 Å². The number of hydrogen-bond acceptors (Lipinski definition) is 1. The molecule has 0 aromatic heterocycles. The van der Waals surface area contributed by atoms with Gasteiger partial charge in [-0.25, -0.2) is 0 Å². The second-order valence-electron chi connectivity index (χ2n) is 5.30. The van der Waals surface area contributed by atoms with Crippen molar-refractivity contribution in [3.05, 3.63) is 70.3 Å². The molecule has 0 aliphatic heterocycles. The highest BCUT2D eigenvalue weighted by molar-refractivity contribution is 5.50. The molecule has 2 aromatic carbocycles. The predicted octanol–water partition coefficient (Wildman–Crippen LogP) is 3.41. The summed E-state index contributed by atoms with van der Waals surface area (Å²) in [6.07, 6.45) is 0.629. The molecule has 92 valence electrons. The summed E-state index contributed by atoms with van der Waals surface area (Å²) in [4.78, 5) is 0. The van der Waals surface area contributed by atoms with Crippen LogP contribution in [-0.2, 0) is 6.42 Å². The lowest BCUT2D eigenvalue weighted by atomic mass is 9.75. The molecule has 18 heavy (non-hydrogen) atoms. The highest BCUT2D eigenvalue weighted by Gasteiger charge is 2.28.